The molecule has 0 radical (unpaired) electrons. The third-order valence-corrected chi connectivity index (χ3v) is 5.15. The minimum Gasteiger partial charge on any atom is -0.379 e. The molecule has 94 valence electrons. The Morgan fingerprint density at radius 1 is 1.50 bits per heavy atom. The van der Waals surface area contributed by atoms with E-state index in [1.807, 2.05) is 0 Å². The first-order valence-electron chi connectivity index (χ1n) is 5.39. The Labute approximate surface area is 96.3 Å². The lowest BCUT2D eigenvalue weighted by Gasteiger charge is -2.20. The molecule has 0 aliphatic carbocycles. The number of hydrogen-bond acceptors (Lipinski definition) is 5. The van der Waals surface area contributed by atoms with Crippen molar-refractivity contribution in [3.8, 4) is 0 Å². The molecule has 16 heavy (non-hydrogen) atoms. The topological polar surface area (TPSA) is 86.5 Å². The van der Waals surface area contributed by atoms with Crippen LogP contribution in [0, 0.1) is 0 Å². The molecule has 1 aliphatic heterocycles. The molecule has 6 heteroatoms. The summed E-state index contributed by atoms with van der Waals surface area (Å²) in [5, 5.41) is -0.450. The van der Waals surface area contributed by atoms with Crippen LogP contribution in [-0.2, 0) is 19.4 Å². The summed E-state index contributed by atoms with van der Waals surface area (Å²) in [5.74, 6) is -0.336. The van der Waals surface area contributed by atoms with Crippen molar-refractivity contribution < 1.29 is 17.9 Å². The van der Waals surface area contributed by atoms with Crippen LogP contribution in [0.15, 0.2) is 0 Å². The largest absolute Gasteiger partial charge is 0.379 e. The molecule has 0 spiro atoms. The average molecular weight is 249 g/mol. The van der Waals surface area contributed by atoms with Gasteiger partial charge in [-0.2, -0.15) is 0 Å². The summed E-state index contributed by atoms with van der Waals surface area (Å²) in [6.07, 6.45) is 0.466. The number of Topliss-reactive ketones (excluding diaryl/α,β-unsaturated/α-hetero) is 1. The molecule has 1 unspecified atom stereocenters. The molecule has 2 N–H and O–H groups in total. The molecule has 1 saturated heterocycles. The molecule has 1 heterocycles. The molecule has 0 aromatic heterocycles. The van der Waals surface area contributed by atoms with Gasteiger partial charge in [-0.3, -0.25) is 4.79 Å². The fourth-order valence-corrected chi connectivity index (χ4v) is 2.46. The highest BCUT2D eigenvalue weighted by molar-refractivity contribution is 7.91. The van der Waals surface area contributed by atoms with Crippen molar-refractivity contribution in [1.29, 1.82) is 0 Å². The maximum absolute atomic E-state index is 11.8. The minimum atomic E-state index is -3.17. The van der Waals surface area contributed by atoms with Gasteiger partial charge >= 0.3 is 0 Å². The van der Waals surface area contributed by atoms with Gasteiger partial charge in [0, 0.05) is 13.0 Å². The fourth-order valence-electron chi connectivity index (χ4n) is 1.52. The third kappa shape index (κ3) is 3.02. The third-order valence-electron chi connectivity index (χ3n) is 2.94. The number of nitrogens with two attached hydrogens (primary N) is 1. The number of carbonyl (C=O) groups is 1. The average Bonchev–Trinajstić information content (AvgIpc) is 2.62. The lowest BCUT2D eigenvalue weighted by Crippen LogP contribution is -2.49. The molecule has 0 aromatic carbocycles. The van der Waals surface area contributed by atoms with E-state index in [4.69, 9.17) is 10.5 Å². The Hall–Kier alpha value is -0.460. The first-order valence-corrected chi connectivity index (χ1v) is 7.11. The van der Waals surface area contributed by atoms with Crippen LogP contribution in [0.2, 0.25) is 0 Å². The molecule has 1 aliphatic rings. The van der Waals surface area contributed by atoms with Gasteiger partial charge in [-0.25, -0.2) is 8.42 Å². The molecule has 1 rings (SSSR count). The predicted molar refractivity (Wildman–Crippen MR) is 60.9 cm³/mol. The Bertz CT molecular complexity index is 355. The van der Waals surface area contributed by atoms with Gasteiger partial charge in [0.25, 0.3) is 0 Å². The molecule has 0 amide bonds. The van der Waals surface area contributed by atoms with Gasteiger partial charge < -0.3 is 10.5 Å². The van der Waals surface area contributed by atoms with Gasteiger partial charge in [0.05, 0.1) is 17.6 Å². The molecule has 1 atom stereocenters. The summed E-state index contributed by atoms with van der Waals surface area (Å²) >= 11 is 0. The van der Waals surface area contributed by atoms with Crippen molar-refractivity contribution in [2.45, 2.75) is 37.5 Å². The number of ketones is 1. The van der Waals surface area contributed by atoms with Crippen LogP contribution in [0.25, 0.3) is 0 Å². The monoisotopic (exact) mass is 249 g/mol. The maximum Gasteiger partial charge on any atom is 0.156 e. The lowest BCUT2D eigenvalue weighted by atomic mass is 9.93. The first-order chi connectivity index (χ1) is 7.28. The summed E-state index contributed by atoms with van der Waals surface area (Å²) in [7, 11) is -3.17. The predicted octanol–water partition coefficient (Wildman–Crippen LogP) is -0.113. The van der Waals surface area contributed by atoms with E-state index >= 15 is 0 Å². The maximum atomic E-state index is 11.8. The van der Waals surface area contributed by atoms with E-state index in [2.05, 4.69) is 0 Å². The second-order valence-corrected chi connectivity index (χ2v) is 7.22. The van der Waals surface area contributed by atoms with E-state index in [-0.39, 0.29) is 24.6 Å². The SMILES string of the molecule is CC(C)S(=O)(=O)CCC(=O)C1(N)CCOC1. The van der Waals surface area contributed by atoms with Crippen molar-refractivity contribution in [2.24, 2.45) is 5.73 Å². The fraction of sp³-hybridized carbons (Fsp3) is 0.900. The second kappa shape index (κ2) is 4.81. The first kappa shape index (κ1) is 13.6. The van der Waals surface area contributed by atoms with Crippen LogP contribution in [0.3, 0.4) is 0 Å². The zero-order valence-corrected chi connectivity index (χ0v) is 10.5. The van der Waals surface area contributed by atoms with Crippen LogP contribution < -0.4 is 5.73 Å². The summed E-state index contributed by atoms with van der Waals surface area (Å²) in [6.45, 7) is 3.89. The van der Waals surface area contributed by atoms with E-state index in [1.54, 1.807) is 13.8 Å². The summed E-state index contributed by atoms with van der Waals surface area (Å²) in [4.78, 5) is 11.8. The highest BCUT2D eigenvalue weighted by Gasteiger charge is 2.38. The van der Waals surface area contributed by atoms with Crippen LogP contribution >= 0.6 is 0 Å². The Morgan fingerprint density at radius 2 is 2.12 bits per heavy atom. The molecule has 0 aromatic rings. The van der Waals surface area contributed by atoms with Gasteiger partial charge in [-0.05, 0) is 20.3 Å². The lowest BCUT2D eigenvalue weighted by molar-refractivity contribution is -0.123. The number of ether oxygens (including phenoxy) is 1. The minimum absolute atomic E-state index is 0.0135. The van der Waals surface area contributed by atoms with Gasteiger partial charge in [0.15, 0.2) is 15.6 Å². The van der Waals surface area contributed by atoms with Gasteiger partial charge in [-0.15, -0.1) is 0 Å². The Kier molecular flexibility index (Phi) is 4.09. The van der Waals surface area contributed by atoms with Crippen molar-refractivity contribution in [3.63, 3.8) is 0 Å². The van der Waals surface area contributed by atoms with Gasteiger partial charge in [-0.1, -0.05) is 0 Å². The Balaban J connectivity index is 2.53. The summed E-state index contributed by atoms with van der Waals surface area (Å²) < 4.78 is 28.1. The van der Waals surface area contributed by atoms with Crippen molar-refractivity contribution in [1.82, 2.24) is 0 Å². The standard InChI is InChI=1S/C10H19NO4S/c1-8(2)16(13,14)6-3-9(12)10(11)4-5-15-7-10/h8H,3-7,11H2,1-2H3. The zero-order valence-electron chi connectivity index (χ0n) is 9.73. The second-order valence-electron chi connectivity index (χ2n) is 4.55. The summed E-state index contributed by atoms with van der Waals surface area (Å²) in [5.41, 5.74) is 4.87. The highest BCUT2D eigenvalue weighted by atomic mass is 32.2. The number of carbonyl (C=O) groups excluding carboxylic acids is 1. The smallest absolute Gasteiger partial charge is 0.156 e. The van der Waals surface area contributed by atoms with Crippen molar-refractivity contribution >= 4 is 15.6 Å². The van der Waals surface area contributed by atoms with Gasteiger partial charge in [0.1, 0.15) is 5.54 Å². The van der Waals surface area contributed by atoms with Crippen molar-refractivity contribution in [2.75, 3.05) is 19.0 Å². The quantitative estimate of drug-likeness (QED) is 0.734. The molecule has 0 bridgehead atoms. The van der Waals surface area contributed by atoms with E-state index in [0.29, 0.717) is 13.0 Å². The zero-order chi connectivity index (χ0) is 12.4. The molecule has 0 saturated carbocycles. The summed E-state index contributed by atoms with van der Waals surface area (Å²) in [6, 6.07) is 0. The number of hydrogen-bond donors (Lipinski definition) is 1. The Morgan fingerprint density at radius 3 is 2.56 bits per heavy atom. The van der Waals surface area contributed by atoms with Crippen LogP contribution in [-0.4, -0.2) is 44.0 Å². The molecular formula is C10H19NO4S. The number of sulfone groups is 1. The normalized spacial score (nSPS) is 26.2. The van der Waals surface area contributed by atoms with E-state index in [1.165, 1.54) is 0 Å². The van der Waals surface area contributed by atoms with Crippen LogP contribution in [0.1, 0.15) is 26.7 Å². The van der Waals surface area contributed by atoms with E-state index < -0.39 is 20.6 Å². The molecule has 5 nitrogen and oxygen atoms in total. The van der Waals surface area contributed by atoms with E-state index in [0.717, 1.165) is 0 Å². The van der Waals surface area contributed by atoms with E-state index in [9.17, 15) is 13.2 Å². The van der Waals surface area contributed by atoms with Crippen LogP contribution in [0.4, 0.5) is 0 Å². The number of rotatable bonds is 5. The van der Waals surface area contributed by atoms with Crippen LogP contribution in [0.5, 0.6) is 0 Å². The van der Waals surface area contributed by atoms with Gasteiger partial charge in [0.2, 0.25) is 0 Å². The molecular weight excluding hydrogens is 230 g/mol. The molecule has 1 fully saturated rings. The highest BCUT2D eigenvalue weighted by Crippen LogP contribution is 2.18. The van der Waals surface area contributed by atoms with Crippen molar-refractivity contribution in [3.05, 3.63) is 0 Å².